The van der Waals surface area contributed by atoms with Gasteiger partial charge in [-0.05, 0) is 46.8 Å². The quantitative estimate of drug-likeness (QED) is 0.445. The highest BCUT2D eigenvalue weighted by Crippen LogP contribution is 2.47. The van der Waals surface area contributed by atoms with E-state index in [1.54, 1.807) is 19.1 Å². The molecule has 0 unspecified atom stereocenters. The van der Waals surface area contributed by atoms with Gasteiger partial charge in [0.1, 0.15) is 0 Å². The normalized spacial score (nSPS) is 10.6. The Kier molecular flexibility index (Phi) is 9.29. The van der Waals surface area contributed by atoms with Crippen LogP contribution in [-0.2, 0) is 9.53 Å². The van der Waals surface area contributed by atoms with Crippen molar-refractivity contribution >= 4 is 12.0 Å². The molecule has 0 aliphatic carbocycles. The number of carbonyl (C=O) groups excluding carboxylic acids is 1. The predicted molar refractivity (Wildman–Crippen MR) is 96.8 cm³/mol. The van der Waals surface area contributed by atoms with Crippen molar-refractivity contribution in [2.75, 3.05) is 33.0 Å². The average molecular weight is 352 g/mol. The Morgan fingerprint density at radius 1 is 0.800 bits per heavy atom. The molecule has 0 saturated carbocycles. The van der Waals surface area contributed by atoms with Gasteiger partial charge in [-0.15, -0.1) is 0 Å². The Bertz CT molecular complexity index is 580. The van der Waals surface area contributed by atoms with E-state index in [0.29, 0.717) is 61.6 Å². The maximum atomic E-state index is 11.6. The fourth-order valence-electron chi connectivity index (χ4n) is 2.20. The summed E-state index contributed by atoms with van der Waals surface area (Å²) in [4.78, 5) is 11.6. The molecule has 0 spiro atoms. The van der Waals surface area contributed by atoms with Gasteiger partial charge >= 0.3 is 5.97 Å². The first kappa shape index (κ1) is 20.7. The van der Waals surface area contributed by atoms with Crippen molar-refractivity contribution in [2.45, 2.75) is 34.6 Å². The number of hydrogen-bond donors (Lipinski definition) is 0. The number of rotatable bonds is 11. The van der Waals surface area contributed by atoms with Gasteiger partial charge in [0.25, 0.3) is 0 Å². The minimum Gasteiger partial charge on any atom is -0.490 e. The lowest BCUT2D eigenvalue weighted by Gasteiger charge is -2.20. The molecule has 1 aromatic rings. The zero-order chi connectivity index (χ0) is 18.7. The third-order valence-electron chi connectivity index (χ3n) is 3.04. The Hall–Kier alpha value is -2.37. The molecule has 0 heterocycles. The number of esters is 1. The Labute approximate surface area is 149 Å². The summed E-state index contributed by atoms with van der Waals surface area (Å²) in [6, 6.07) is 1.78. The van der Waals surface area contributed by atoms with Crippen LogP contribution in [0.1, 0.15) is 40.2 Å². The molecule has 0 atom stereocenters. The Balaban J connectivity index is 3.48. The van der Waals surface area contributed by atoms with Crippen molar-refractivity contribution in [3.8, 4) is 23.0 Å². The smallest absolute Gasteiger partial charge is 0.330 e. The van der Waals surface area contributed by atoms with Crippen molar-refractivity contribution in [2.24, 2.45) is 0 Å². The summed E-state index contributed by atoms with van der Waals surface area (Å²) in [6.45, 7) is 11.4. The second kappa shape index (κ2) is 11.2. The molecule has 0 amide bonds. The van der Waals surface area contributed by atoms with E-state index in [1.165, 1.54) is 6.08 Å². The number of ether oxygens (including phenoxy) is 5. The number of hydrogen-bond acceptors (Lipinski definition) is 6. The minimum absolute atomic E-state index is 0.319. The highest BCUT2D eigenvalue weighted by molar-refractivity contribution is 5.88. The van der Waals surface area contributed by atoms with E-state index in [4.69, 9.17) is 23.7 Å². The van der Waals surface area contributed by atoms with Gasteiger partial charge in [0.05, 0.1) is 33.0 Å². The van der Waals surface area contributed by atoms with E-state index in [0.717, 1.165) is 0 Å². The summed E-state index contributed by atoms with van der Waals surface area (Å²) in [5.74, 6) is 1.61. The maximum Gasteiger partial charge on any atom is 0.330 e. The molecule has 0 N–H and O–H groups in total. The van der Waals surface area contributed by atoms with E-state index < -0.39 is 5.97 Å². The van der Waals surface area contributed by atoms with E-state index in [1.807, 2.05) is 27.7 Å². The van der Waals surface area contributed by atoms with Crippen LogP contribution in [0.4, 0.5) is 0 Å². The van der Waals surface area contributed by atoms with Crippen LogP contribution in [0.2, 0.25) is 0 Å². The van der Waals surface area contributed by atoms with Crippen LogP contribution in [-0.4, -0.2) is 39.0 Å². The van der Waals surface area contributed by atoms with Gasteiger partial charge in [0.2, 0.25) is 11.5 Å². The largest absolute Gasteiger partial charge is 0.490 e. The summed E-state index contributed by atoms with van der Waals surface area (Å²) < 4.78 is 27.9. The third-order valence-corrected chi connectivity index (χ3v) is 3.04. The molecule has 0 radical (unpaired) electrons. The Morgan fingerprint density at radius 2 is 1.36 bits per heavy atom. The first-order valence-corrected chi connectivity index (χ1v) is 8.69. The second-order valence-electron chi connectivity index (χ2n) is 4.77. The van der Waals surface area contributed by atoms with Crippen LogP contribution in [0.25, 0.3) is 6.08 Å². The van der Waals surface area contributed by atoms with Gasteiger partial charge in [-0.3, -0.25) is 0 Å². The van der Waals surface area contributed by atoms with Gasteiger partial charge < -0.3 is 23.7 Å². The summed E-state index contributed by atoms with van der Waals surface area (Å²) >= 11 is 0. The first-order valence-electron chi connectivity index (χ1n) is 8.69. The van der Waals surface area contributed by atoms with Gasteiger partial charge in [0.15, 0.2) is 11.5 Å². The summed E-state index contributed by atoms with van der Waals surface area (Å²) in [5.41, 5.74) is 0.658. The van der Waals surface area contributed by atoms with Crippen molar-refractivity contribution < 1.29 is 28.5 Å². The molecule has 0 fully saturated rings. The molecule has 1 rings (SSSR count). The first-order chi connectivity index (χ1) is 12.1. The van der Waals surface area contributed by atoms with Crippen molar-refractivity contribution in [1.82, 2.24) is 0 Å². The molecule has 0 aromatic heterocycles. The van der Waals surface area contributed by atoms with E-state index in [2.05, 4.69) is 0 Å². The van der Waals surface area contributed by atoms with Crippen molar-refractivity contribution in [3.05, 3.63) is 17.7 Å². The third kappa shape index (κ3) is 5.89. The van der Waals surface area contributed by atoms with Gasteiger partial charge in [-0.2, -0.15) is 0 Å². The molecule has 25 heavy (non-hydrogen) atoms. The molecular formula is C19H28O6. The molecule has 1 aromatic carbocycles. The standard InChI is InChI=1S/C19H28O6/c1-6-21-15-13-14(11-12-16(20)22-7-2)17(23-8-3)19(25-10-5)18(15)24-9-4/h11-13H,6-10H2,1-5H3. The van der Waals surface area contributed by atoms with E-state index in [-0.39, 0.29) is 0 Å². The molecule has 140 valence electrons. The molecule has 0 saturated heterocycles. The topological polar surface area (TPSA) is 63.2 Å². The summed E-state index contributed by atoms with van der Waals surface area (Å²) in [7, 11) is 0. The van der Waals surface area contributed by atoms with Crippen LogP contribution in [0.5, 0.6) is 23.0 Å². The lowest BCUT2D eigenvalue weighted by molar-refractivity contribution is -0.137. The average Bonchev–Trinajstić information content (AvgIpc) is 2.59. The van der Waals surface area contributed by atoms with Gasteiger partial charge in [-0.1, -0.05) is 0 Å². The lowest BCUT2D eigenvalue weighted by Crippen LogP contribution is -2.06. The van der Waals surface area contributed by atoms with Gasteiger partial charge in [-0.25, -0.2) is 4.79 Å². The molecular weight excluding hydrogens is 324 g/mol. The van der Waals surface area contributed by atoms with Crippen LogP contribution < -0.4 is 18.9 Å². The monoisotopic (exact) mass is 352 g/mol. The zero-order valence-electron chi connectivity index (χ0n) is 15.7. The maximum absolute atomic E-state index is 11.6. The van der Waals surface area contributed by atoms with Crippen LogP contribution in [0, 0.1) is 0 Å². The zero-order valence-corrected chi connectivity index (χ0v) is 15.7. The number of carbonyl (C=O) groups is 1. The second-order valence-corrected chi connectivity index (χ2v) is 4.77. The number of benzene rings is 1. The molecule has 6 nitrogen and oxygen atoms in total. The van der Waals surface area contributed by atoms with Crippen molar-refractivity contribution in [3.63, 3.8) is 0 Å². The molecule has 0 aliphatic rings. The summed E-state index contributed by atoms with van der Waals surface area (Å²) in [6.07, 6.45) is 2.98. The van der Waals surface area contributed by atoms with Crippen LogP contribution in [0.3, 0.4) is 0 Å². The van der Waals surface area contributed by atoms with E-state index in [9.17, 15) is 4.79 Å². The SMILES string of the molecule is CCOC(=O)C=Cc1cc(OCC)c(OCC)c(OCC)c1OCC. The van der Waals surface area contributed by atoms with Crippen molar-refractivity contribution in [1.29, 1.82) is 0 Å². The van der Waals surface area contributed by atoms with Crippen LogP contribution in [0.15, 0.2) is 12.1 Å². The molecule has 6 heteroatoms. The minimum atomic E-state index is -0.422. The fraction of sp³-hybridized carbons (Fsp3) is 0.526. The van der Waals surface area contributed by atoms with E-state index >= 15 is 0 Å². The molecule has 0 bridgehead atoms. The summed E-state index contributed by atoms with van der Waals surface area (Å²) in [5, 5.41) is 0. The Morgan fingerprint density at radius 3 is 1.92 bits per heavy atom. The van der Waals surface area contributed by atoms with Crippen LogP contribution >= 0.6 is 0 Å². The molecule has 0 aliphatic heterocycles. The lowest BCUT2D eigenvalue weighted by atomic mass is 10.1. The highest BCUT2D eigenvalue weighted by Gasteiger charge is 2.22. The fourth-order valence-corrected chi connectivity index (χ4v) is 2.20. The highest BCUT2D eigenvalue weighted by atomic mass is 16.6. The predicted octanol–water partition coefficient (Wildman–Crippen LogP) is 3.86. The van der Waals surface area contributed by atoms with Gasteiger partial charge in [0, 0.05) is 11.6 Å².